The van der Waals surface area contributed by atoms with Crippen molar-refractivity contribution in [2.75, 3.05) is 0 Å². The van der Waals surface area contributed by atoms with Gasteiger partial charge in [0.25, 0.3) is 5.91 Å². The number of carbonyl (C=O) groups excluding carboxylic acids is 1. The van der Waals surface area contributed by atoms with Crippen molar-refractivity contribution in [2.45, 2.75) is 56.8 Å². The maximum absolute atomic E-state index is 12.3. The number of hydrogen-bond donors (Lipinski definition) is 2. The first-order valence-electron chi connectivity index (χ1n) is 7.70. The van der Waals surface area contributed by atoms with Gasteiger partial charge >= 0.3 is 0 Å². The van der Waals surface area contributed by atoms with Crippen molar-refractivity contribution in [2.24, 2.45) is 0 Å². The zero-order chi connectivity index (χ0) is 15.7. The van der Waals surface area contributed by atoms with E-state index in [0.29, 0.717) is 27.9 Å². The fraction of sp³-hybridized carbons (Fsp3) is 0.562. The molecule has 6 heteroatoms. The van der Waals surface area contributed by atoms with E-state index >= 15 is 0 Å². The number of ether oxygens (including phenoxy) is 1. The highest BCUT2D eigenvalue weighted by molar-refractivity contribution is 6.42. The molecule has 2 fully saturated rings. The van der Waals surface area contributed by atoms with E-state index in [1.807, 2.05) is 0 Å². The van der Waals surface area contributed by atoms with Crippen molar-refractivity contribution >= 4 is 29.1 Å². The lowest BCUT2D eigenvalue weighted by Crippen LogP contribution is -2.50. The van der Waals surface area contributed by atoms with Crippen molar-refractivity contribution in [3.8, 4) is 5.75 Å². The largest absolute Gasteiger partial charge is 0.479 e. The molecule has 120 valence electrons. The van der Waals surface area contributed by atoms with Gasteiger partial charge in [-0.25, -0.2) is 0 Å². The first-order chi connectivity index (χ1) is 10.5. The van der Waals surface area contributed by atoms with Gasteiger partial charge in [-0.3, -0.25) is 4.79 Å². The van der Waals surface area contributed by atoms with E-state index in [-0.39, 0.29) is 11.9 Å². The molecule has 4 nitrogen and oxygen atoms in total. The van der Waals surface area contributed by atoms with Crippen LogP contribution in [0.15, 0.2) is 18.2 Å². The summed E-state index contributed by atoms with van der Waals surface area (Å²) in [6.07, 6.45) is 3.80. The third kappa shape index (κ3) is 3.50. The van der Waals surface area contributed by atoms with Crippen LogP contribution in [0, 0.1) is 0 Å². The molecule has 3 atom stereocenters. The Labute approximate surface area is 140 Å². The normalized spacial score (nSPS) is 28.2. The number of hydrogen-bond acceptors (Lipinski definition) is 3. The molecule has 2 saturated heterocycles. The van der Waals surface area contributed by atoms with Gasteiger partial charge in [0.05, 0.1) is 5.02 Å². The molecule has 0 aliphatic carbocycles. The molecule has 2 aliphatic heterocycles. The minimum Gasteiger partial charge on any atom is -0.479 e. The number of nitrogens with one attached hydrogen (secondary N) is 2. The Kier molecular flexibility index (Phi) is 4.81. The third-order valence-corrected chi connectivity index (χ3v) is 5.21. The predicted octanol–water partition coefficient (Wildman–Crippen LogP) is 3.16. The van der Waals surface area contributed by atoms with Gasteiger partial charge in [0.1, 0.15) is 10.8 Å². The minimum absolute atomic E-state index is 0.109. The smallest absolute Gasteiger partial charge is 0.260 e. The summed E-state index contributed by atoms with van der Waals surface area (Å²) in [5.74, 6) is 0.324. The van der Waals surface area contributed by atoms with Crippen LogP contribution in [0.2, 0.25) is 10.0 Å². The van der Waals surface area contributed by atoms with Gasteiger partial charge in [-0.2, -0.15) is 0 Å². The highest BCUT2D eigenvalue weighted by Crippen LogP contribution is 2.32. The summed E-state index contributed by atoms with van der Waals surface area (Å²) in [4.78, 5) is 12.3. The molecule has 2 N–H and O–H groups in total. The summed E-state index contributed by atoms with van der Waals surface area (Å²) in [7, 11) is 0. The van der Waals surface area contributed by atoms with Crippen LogP contribution in [-0.4, -0.2) is 30.1 Å². The zero-order valence-electron chi connectivity index (χ0n) is 12.4. The summed E-state index contributed by atoms with van der Waals surface area (Å²) in [5.41, 5.74) is 0. The van der Waals surface area contributed by atoms with Gasteiger partial charge in [-0.1, -0.05) is 29.3 Å². The molecule has 1 aromatic rings. The van der Waals surface area contributed by atoms with E-state index in [2.05, 4.69) is 10.6 Å². The molecule has 22 heavy (non-hydrogen) atoms. The first kappa shape index (κ1) is 15.9. The average molecular weight is 343 g/mol. The fourth-order valence-electron chi connectivity index (χ4n) is 3.31. The van der Waals surface area contributed by atoms with E-state index in [4.69, 9.17) is 27.9 Å². The molecule has 3 unspecified atom stereocenters. The van der Waals surface area contributed by atoms with E-state index in [1.54, 1.807) is 25.1 Å². The van der Waals surface area contributed by atoms with Crippen LogP contribution in [0.1, 0.15) is 32.6 Å². The van der Waals surface area contributed by atoms with E-state index in [0.717, 1.165) is 12.8 Å². The van der Waals surface area contributed by atoms with Gasteiger partial charge in [-0.15, -0.1) is 0 Å². The maximum Gasteiger partial charge on any atom is 0.260 e. The van der Waals surface area contributed by atoms with Gasteiger partial charge in [-0.05, 0) is 44.7 Å². The number of rotatable bonds is 4. The molecular formula is C16H20Cl2N2O2. The van der Waals surface area contributed by atoms with Crippen molar-refractivity contribution in [3.63, 3.8) is 0 Å². The lowest BCUT2D eigenvalue weighted by Gasteiger charge is -2.30. The average Bonchev–Trinajstić information content (AvgIpc) is 2.82. The Hall–Kier alpha value is -0.970. The lowest BCUT2D eigenvalue weighted by molar-refractivity contribution is -0.128. The molecular weight excluding hydrogens is 323 g/mol. The van der Waals surface area contributed by atoms with Crippen molar-refractivity contribution < 1.29 is 9.53 Å². The Morgan fingerprint density at radius 1 is 1.32 bits per heavy atom. The Bertz CT molecular complexity index is 555. The summed E-state index contributed by atoms with van der Waals surface area (Å²) in [6, 6.07) is 6.46. The fourth-order valence-corrected chi connectivity index (χ4v) is 3.65. The van der Waals surface area contributed by atoms with Crippen LogP contribution in [0.4, 0.5) is 0 Å². The zero-order valence-corrected chi connectivity index (χ0v) is 14.0. The number of piperidine rings is 1. The topological polar surface area (TPSA) is 50.4 Å². The number of carbonyl (C=O) groups is 1. The van der Waals surface area contributed by atoms with Gasteiger partial charge in [0.15, 0.2) is 6.10 Å². The second-order valence-electron chi connectivity index (χ2n) is 6.13. The lowest BCUT2D eigenvalue weighted by atomic mass is 9.99. The van der Waals surface area contributed by atoms with E-state index in [9.17, 15) is 4.79 Å². The highest BCUT2D eigenvalue weighted by Gasteiger charge is 2.34. The predicted molar refractivity (Wildman–Crippen MR) is 87.7 cm³/mol. The highest BCUT2D eigenvalue weighted by atomic mass is 35.5. The Morgan fingerprint density at radius 2 is 2.00 bits per heavy atom. The van der Waals surface area contributed by atoms with Gasteiger partial charge < -0.3 is 15.4 Å². The molecule has 1 aromatic carbocycles. The van der Waals surface area contributed by atoms with Gasteiger partial charge in [0.2, 0.25) is 0 Å². The van der Waals surface area contributed by atoms with Crippen LogP contribution in [0.25, 0.3) is 0 Å². The first-order valence-corrected chi connectivity index (χ1v) is 8.45. The van der Waals surface area contributed by atoms with Crippen LogP contribution in [0.5, 0.6) is 5.75 Å². The molecule has 2 heterocycles. The number of halogens is 2. The Morgan fingerprint density at radius 3 is 2.68 bits per heavy atom. The van der Waals surface area contributed by atoms with E-state index < -0.39 is 6.10 Å². The van der Waals surface area contributed by atoms with E-state index in [1.165, 1.54) is 12.8 Å². The van der Waals surface area contributed by atoms with Crippen molar-refractivity contribution in [1.29, 1.82) is 0 Å². The quantitative estimate of drug-likeness (QED) is 0.883. The second kappa shape index (κ2) is 6.65. The minimum atomic E-state index is -0.608. The third-order valence-electron chi connectivity index (χ3n) is 4.41. The number of fused-ring (bicyclic) bond motifs is 2. The maximum atomic E-state index is 12.3. The number of amides is 1. The van der Waals surface area contributed by atoms with Crippen LogP contribution >= 0.6 is 23.2 Å². The monoisotopic (exact) mass is 342 g/mol. The SMILES string of the molecule is CC(Oc1cccc(Cl)c1Cl)C(=O)NC1CC2CCC(C1)N2. The van der Waals surface area contributed by atoms with Crippen LogP contribution in [-0.2, 0) is 4.79 Å². The molecule has 0 radical (unpaired) electrons. The molecule has 0 spiro atoms. The van der Waals surface area contributed by atoms with Crippen LogP contribution in [0.3, 0.4) is 0 Å². The molecule has 0 saturated carbocycles. The molecule has 2 aliphatic rings. The van der Waals surface area contributed by atoms with Gasteiger partial charge in [0, 0.05) is 18.1 Å². The van der Waals surface area contributed by atoms with Crippen molar-refractivity contribution in [3.05, 3.63) is 28.2 Å². The second-order valence-corrected chi connectivity index (χ2v) is 6.91. The molecule has 0 aromatic heterocycles. The number of benzene rings is 1. The van der Waals surface area contributed by atoms with Crippen molar-refractivity contribution in [1.82, 2.24) is 10.6 Å². The van der Waals surface area contributed by atoms with Crippen LogP contribution < -0.4 is 15.4 Å². The molecule has 3 rings (SSSR count). The standard InChI is InChI=1S/C16H20Cl2N2O2/c1-9(22-14-4-2-3-13(17)15(14)18)16(21)20-12-7-10-5-6-11(8-12)19-10/h2-4,9-12,19H,5-8H2,1H3,(H,20,21). The summed E-state index contributed by atoms with van der Waals surface area (Å²) in [6.45, 7) is 1.72. The summed E-state index contributed by atoms with van der Waals surface area (Å²) < 4.78 is 5.65. The molecule has 1 amide bonds. The summed E-state index contributed by atoms with van der Waals surface area (Å²) in [5, 5.41) is 7.41. The molecule has 2 bridgehead atoms. The summed E-state index contributed by atoms with van der Waals surface area (Å²) >= 11 is 12.0. The Balaban J connectivity index is 1.56.